The van der Waals surface area contributed by atoms with Gasteiger partial charge in [0.1, 0.15) is 0 Å². The van der Waals surface area contributed by atoms with E-state index in [1.54, 1.807) is 0 Å². The van der Waals surface area contributed by atoms with Crippen LogP contribution in [0, 0.1) is 12.3 Å². The minimum Gasteiger partial charge on any atom is -0.308 e. The number of benzene rings is 1. The number of allylic oxidation sites excluding steroid dienone is 7. The number of rotatable bonds is 7. The molecule has 0 bridgehead atoms. The minimum absolute atomic E-state index is 0.449. The average molecular weight is 322 g/mol. The summed E-state index contributed by atoms with van der Waals surface area (Å²) in [5.41, 5.74) is 8.27. The SMILES string of the molecule is C=C(/C(=C\C(C)=C/C)C/C(C=N)=C/C)c1ccc(C)cc1C(C)C. The van der Waals surface area contributed by atoms with Crippen molar-refractivity contribution in [3.63, 3.8) is 0 Å². The number of hydrogen-bond donors (Lipinski definition) is 1. The summed E-state index contributed by atoms with van der Waals surface area (Å²) in [6.45, 7) is 17.1. The molecule has 0 radical (unpaired) electrons. The summed E-state index contributed by atoms with van der Waals surface area (Å²) in [5.74, 6) is 0.449. The Morgan fingerprint density at radius 1 is 1.21 bits per heavy atom. The van der Waals surface area contributed by atoms with Gasteiger partial charge in [0.05, 0.1) is 0 Å². The zero-order chi connectivity index (χ0) is 18.3. The Kier molecular flexibility index (Phi) is 7.64. The van der Waals surface area contributed by atoms with Gasteiger partial charge in [-0.25, -0.2) is 0 Å². The van der Waals surface area contributed by atoms with Crippen molar-refractivity contribution >= 4 is 11.8 Å². The van der Waals surface area contributed by atoms with E-state index < -0.39 is 0 Å². The largest absolute Gasteiger partial charge is 0.308 e. The molecule has 0 heterocycles. The van der Waals surface area contributed by atoms with Crippen LogP contribution >= 0.6 is 0 Å². The van der Waals surface area contributed by atoms with Gasteiger partial charge in [-0.3, -0.25) is 0 Å². The van der Waals surface area contributed by atoms with Gasteiger partial charge in [0.15, 0.2) is 0 Å². The Balaban J connectivity index is 3.41. The molecule has 1 rings (SSSR count). The Morgan fingerprint density at radius 3 is 2.38 bits per heavy atom. The lowest BCUT2D eigenvalue weighted by molar-refractivity contribution is 0.860. The highest BCUT2D eigenvalue weighted by Crippen LogP contribution is 2.33. The van der Waals surface area contributed by atoms with Crippen molar-refractivity contribution in [1.82, 2.24) is 0 Å². The van der Waals surface area contributed by atoms with E-state index in [0.29, 0.717) is 5.92 Å². The quantitative estimate of drug-likeness (QED) is 0.412. The lowest BCUT2D eigenvalue weighted by Gasteiger charge is -2.19. The second-order valence-electron chi connectivity index (χ2n) is 6.61. The molecule has 0 spiro atoms. The van der Waals surface area contributed by atoms with Crippen molar-refractivity contribution in [2.24, 2.45) is 0 Å². The van der Waals surface area contributed by atoms with Gasteiger partial charge >= 0.3 is 0 Å². The molecule has 0 saturated heterocycles. The van der Waals surface area contributed by atoms with E-state index in [2.05, 4.69) is 64.6 Å². The molecule has 0 aliphatic carbocycles. The highest BCUT2D eigenvalue weighted by atomic mass is 14.3. The van der Waals surface area contributed by atoms with E-state index in [1.165, 1.54) is 34.1 Å². The van der Waals surface area contributed by atoms with Crippen LogP contribution in [-0.4, -0.2) is 6.21 Å². The maximum absolute atomic E-state index is 7.60. The van der Waals surface area contributed by atoms with Crippen LogP contribution in [0.1, 0.15) is 63.6 Å². The predicted octanol–water partition coefficient (Wildman–Crippen LogP) is 7.01. The summed E-state index contributed by atoms with van der Waals surface area (Å²) >= 11 is 0. The van der Waals surface area contributed by atoms with Crippen molar-refractivity contribution in [2.75, 3.05) is 0 Å². The summed E-state index contributed by atoms with van der Waals surface area (Å²) in [6, 6.07) is 6.60. The standard InChI is InChI=1S/C23H31N/c1-8-17(5)12-21(14-20(9-2)15-24)19(7)22-11-10-18(6)13-23(22)16(3)4/h8-13,15-16,24H,7,14H2,1-6H3/b17-8-,20-9-,21-12-,24-15?. The van der Waals surface area contributed by atoms with E-state index in [9.17, 15) is 0 Å². The molecule has 1 nitrogen and oxygen atoms in total. The zero-order valence-corrected chi connectivity index (χ0v) is 16.0. The summed E-state index contributed by atoms with van der Waals surface area (Å²) in [4.78, 5) is 0. The average Bonchev–Trinajstić information content (AvgIpc) is 2.57. The third-order valence-electron chi connectivity index (χ3n) is 4.35. The molecule has 0 atom stereocenters. The van der Waals surface area contributed by atoms with Crippen LogP contribution in [0.2, 0.25) is 0 Å². The molecule has 24 heavy (non-hydrogen) atoms. The molecule has 0 amide bonds. The maximum atomic E-state index is 7.60. The topological polar surface area (TPSA) is 23.9 Å². The lowest BCUT2D eigenvalue weighted by Crippen LogP contribution is -2.00. The first-order valence-electron chi connectivity index (χ1n) is 8.63. The van der Waals surface area contributed by atoms with Crippen LogP contribution in [0.4, 0.5) is 0 Å². The Bertz CT molecular complexity index is 697. The lowest BCUT2D eigenvalue weighted by atomic mass is 9.86. The van der Waals surface area contributed by atoms with Gasteiger partial charge in [-0.15, -0.1) is 0 Å². The zero-order valence-electron chi connectivity index (χ0n) is 16.0. The molecular weight excluding hydrogens is 290 g/mol. The third-order valence-corrected chi connectivity index (χ3v) is 4.35. The first-order chi connectivity index (χ1) is 11.3. The number of aryl methyl sites for hydroxylation is 1. The monoisotopic (exact) mass is 321 g/mol. The van der Waals surface area contributed by atoms with Crippen molar-refractivity contribution in [1.29, 1.82) is 5.41 Å². The molecule has 0 fully saturated rings. The van der Waals surface area contributed by atoms with Crippen LogP contribution in [0.15, 0.2) is 59.7 Å². The summed E-state index contributed by atoms with van der Waals surface area (Å²) in [5, 5.41) is 7.60. The molecule has 1 aromatic carbocycles. The molecule has 1 N–H and O–H groups in total. The first-order valence-corrected chi connectivity index (χ1v) is 8.63. The number of hydrogen-bond acceptors (Lipinski definition) is 1. The van der Waals surface area contributed by atoms with E-state index in [-0.39, 0.29) is 0 Å². The second-order valence-corrected chi connectivity index (χ2v) is 6.61. The second kappa shape index (κ2) is 9.22. The summed E-state index contributed by atoms with van der Waals surface area (Å²) in [6.07, 6.45) is 8.46. The van der Waals surface area contributed by atoms with Gasteiger partial charge < -0.3 is 5.41 Å². The minimum atomic E-state index is 0.449. The Hall–Kier alpha value is -2.15. The van der Waals surface area contributed by atoms with E-state index in [0.717, 1.165) is 17.6 Å². The molecular formula is C23H31N. The Morgan fingerprint density at radius 2 is 1.88 bits per heavy atom. The highest BCUT2D eigenvalue weighted by Gasteiger charge is 2.14. The third kappa shape index (κ3) is 5.19. The van der Waals surface area contributed by atoms with E-state index in [4.69, 9.17) is 5.41 Å². The van der Waals surface area contributed by atoms with Gasteiger partial charge in [-0.05, 0) is 67.9 Å². The van der Waals surface area contributed by atoms with Crippen molar-refractivity contribution < 1.29 is 0 Å². The fourth-order valence-electron chi connectivity index (χ4n) is 2.67. The molecule has 1 heteroatoms. The first kappa shape index (κ1) is 19.9. The highest BCUT2D eigenvalue weighted by molar-refractivity contribution is 5.84. The summed E-state index contributed by atoms with van der Waals surface area (Å²) < 4.78 is 0. The van der Waals surface area contributed by atoms with Crippen molar-refractivity contribution in [3.05, 3.63) is 76.4 Å². The fraction of sp³-hybridized carbons (Fsp3) is 0.348. The maximum Gasteiger partial charge on any atom is 0.0209 e. The predicted molar refractivity (Wildman–Crippen MR) is 109 cm³/mol. The van der Waals surface area contributed by atoms with Crippen molar-refractivity contribution in [3.8, 4) is 0 Å². The fourth-order valence-corrected chi connectivity index (χ4v) is 2.67. The summed E-state index contributed by atoms with van der Waals surface area (Å²) in [7, 11) is 0. The smallest absolute Gasteiger partial charge is 0.0209 e. The normalized spacial score (nSPS) is 13.4. The molecule has 0 aromatic heterocycles. The van der Waals surface area contributed by atoms with Gasteiger partial charge in [0.25, 0.3) is 0 Å². The Labute approximate surface area is 148 Å². The van der Waals surface area contributed by atoms with Crippen LogP contribution in [0.5, 0.6) is 0 Å². The molecule has 0 aliphatic rings. The van der Waals surface area contributed by atoms with Gasteiger partial charge in [-0.1, -0.05) is 68.0 Å². The molecule has 0 unspecified atom stereocenters. The van der Waals surface area contributed by atoms with Gasteiger partial charge in [0.2, 0.25) is 0 Å². The molecule has 1 aromatic rings. The van der Waals surface area contributed by atoms with Crippen LogP contribution in [0.3, 0.4) is 0 Å². The van der Waals surface area contributed by atoms with E-state index >= 15 is 0 Å². The van der Waals surface area contributed by atoms with Gasteiger partial charge in [-0.2, -0.15) is 0 Å². The van der Waals surface area contributed by atoms with Crippen LogP contribution in [0.25, 0.3) is 5.57 Å². The molecule has 0 aliphatic heterocycles. The van der Waals surface area contributed by atoms with Crippen LogP contribution in [-0.2, 0) is 0 Å². The van der Waals surface area contributed by atoms with Crippen LogP contribution < -0.4 is 0 Å². The van der Waals surface area contributed by atoms with E-state index in [1.807, 2.05) is 19.9 Å². The van der Waals surface area contributed by atoms with Gasteiger partial charge in [0, 0.05) is 6.21 Å². The molecule has 128 valence electrons. The molecule has 0 saturated carbocycles. The van der Waals surface area contributed by atoms with Crippen molar-refractivity contribution in [2.45, 2.75) is 53.9 Å². The number of nitrogens with one attached hydrogen (secondary N) is 1.